The monoisotopic (exact) mass is 312 g/mol. The maximum absolute atomic E-state index is 12.5. The molecule has 1 heterocycles. The van der Waals surface area contributed by atoms with Crippen LogP contribution >= 0.6 is 11.6 Å². The Morgan fingerprint density at radius 3 is 2.86 bits per heavy atom. The van der Waals surface area contributed by atoms with Crippen LogP contribution in [0, 0.1) is 17.0 Å². The van der Waals surface area contributed by atoms with E-state index < -0.39 is 4.92 Å². The number of rotatable bonds is 3. The number of hydrogen-bond acceptors (Lipinski definition) is 4. The highest BCUT2D eigenvalue weighted by Gasteiger charge is 2.29. The maximum Gasteiger partial charge on any atom is 0.273 e. The van der Waals surface area contributed by atoms with Crippen LogP contribution in [0.3, 0.4) is 0 Å². The summed E-state index contributed by atoms with van der Waals surface area (Å²) in [4.78, 5) is 24.6. The largest absolute Gasteiger partial charge is 0.370 e. The van der Waals surface area contributed by atoms with E-state index in [9.17, 15) is 14.9 Å². The number of ether oxygens (including phenoxy) is 1. The number of carbonyl (C=O) groups is 1. The molecule has 0 aromatic heterocycles. The van der Waals surface area contributed by atoms with Crippen molar-refractivity contribution in [2.45, 2.75) is 26.1 Å². The molecular formula is C14H17ClN2O4. The zero-order valence-electron chi connectivity index (χ0n) is 11.9. The van der Waals surface area contributed by atoms with Crippen molar-refractivity contribution >= 4 is 23.2 Å². The second-order valence-corrected chi connectivity index (χ2v) is 5.50. The summed E-state index contributed by atoms with van der Waals surface area (Å²) >= 11 is 5.80. The molecule has 0 radical (unpaired) electrons. The Kier molecular flexibility index (Phi) is 4.80. The Balaban J connectivity index is 2.23. The van der Waals surface area contributed by atoms with Crippen LogP contribution in [0.4, 0.5) is 5.69 Å². The molecule has 0 saturated carbocycles. The minimum Gasteiger partial charge on any atom is -0.370 e. The molecule has 1 aromatic rings. The number of nitro benzene ring substituents is 1. The fourth-order valence-corrected chi connectivity index (χ4v) is 2.59. The predicted molar refractivity (Wildman–Crippen MR) is 78.8 cm³/mol. The summed E-state index contributed by atoms with van der Waals surface area (Å²) in [5.74, 6) is 0.0747. The third-order valence-electron chi connectivity index (χ3n) is 3.44. The van der Waals surface area contributed by atoms with Gasteiger partial charge in [-0.3, -0.25) is 14.9 Å². The number of nitro groups is 1. The van der Waals surface area contributed by atoms with Gasteiger partial charge in [0, 0.05) is 30.3 Å². The van der Waals surface area contributed by atoms with Crippen LogP contribution in [-0.4, -0.2) is 46.9 Å². The van der Waals surface area contributed by atoms with Crippen LogP contribution in [0.2, 0.25) is 0 Å². The van der Waals surface area contributed by atoms with Crippen molar-refractivity contribution in [2.75, 3.05) is 19.0 Å². The van der Waals surface area contributed by atoms with Crippen LogP contribution in [-0.2, 0) is 4.74 Å². The Labute approximate surface area is 127 Å². The Hall–Kier alpha value is -1.66. The van der Waals surface area contributed by atoms with Crippen molar-refractivity contribution in [1.82, 2.24) is 4.90 Å². The summed E-state index contributed by atoms with van der Waals surface area (Å²) < 4.78 is 5.60. The standard InChI is InChI=1S/C14H17ClN2O4/c1-9-3-4-11(5-13(9)17(19)20)14(18)16-7-10(2)21-12(6-15)8-16/h3-5,10,12H,6-8H2,1-2H3. The van der Waals surface area contributed by atoms with E-state index in [1.165, 1.54) is 6.07 Å². The topological polar surface area (TPSA) is 72.7 Å². The molecule has 21 heavy (non-hydrogen) atoms. The van der Waals surface area contributed by atoms with Gasteiger partial charge in [0.2, 0.25) is 0 Å². The average molecular weight is 313 g/mol. The minimum atomic E-state index is -0.477. The molecule has 0 bridgehead atoms. The van der Waals surface area contributed by atoms with Crippen LogP contribution in [0.1, 0.15) is 22.8 Å². The zero-order valence-corrected chi connectivity index (χ0v) is 12.7. The molecule has 2 rings (SSSR count). The van der Waals surface area contributed by atoms with E-state index in [1.807, 2.05) is 6.92 Å². The summed E-state index contributed by atoms with van der Waals surface area (Å²) in [6.45, 7) is 4.37. The van der Waals surface area contributed by atoms with E-state index >= 15 is 0 Å². The van der Waals surface area contributed by atoms with Gasteiger partial charge in [-0.1, -0.05) is 6.07 Å². The third kappa shape index (κ3) is 3.51. The van der Waals surface area contributed by atoms with Gasteiger partial charge in [-0.05, 0) is 19.9 Å². The molecule has 0 spiro atoms. The van der Waals surface area contributed by atoms with Gasteiger partial charge in [-0.2, -0.15) is 0 Å². The molecule has 7 heteroatoms. The maximum atomic E-state index is 12.5. The first-order valence-corrected chi connectivity index (χ1v) is 7.21. The second kappa shape index (κ2) is 6.41. The number of benzene rings is 1. The van der Waals surface area contributed by atoms with Crippen LogP contribution < -0.4 is 0 Å². The highest BCUT2D eigenvalue weighted by atomic mass is 35.5. The smallest absolute Gasteiger partial charge is 0.273 e. The zero-order chi connectivity index (χ0) is 15.6. The molecule has 1 saturated heterocycles. The van der Waals surface area contributed by atoms with E-state index in [2.05, 4.69) is 0 Å². The van der Waals surface area contributed by atoms with Crippen LogP contribution in [0.15, 0.2) is 18.2 Å². The first kappa shape index (κ1) is 15.7. The van der Waals surface area contributed by atoms with Gasteiger partial charge in [0.05, 0.1) is 23.0 Å². The second-order valence-electron chi connectivity index (χ2n) is 5.19. The van der Waals surface area contributed by atoms with Gasteiger partial charge in [-0.15, -0.1) is 11.6 Å². The SMILES string of the molecule is Cc1ccc(C(=O)N2CC(C)OC(CCl)C2)cc1[N+](=O)[O-]. The molecule has 1 aliphatic heterocycles. The predicted octanol–water partition coefficient (Wildman–Crippen LogP) is 2.37. The number of carbonyl (C=O) groups excluding carboxylic acids is 1. The van der Waals surface area contributed by atoms with Gasteiger partial charge in [-0.25, -0.2) is 0 Å². The number of halogens is 1. The lowest BCUT2D eigenvalue weighted by Crippen LogP contribution is -2.49. The summed E-state index contributed by atoms with van der Waals surface area (Å²) in [5.41, 5.74) is 0.802. The van der Waals surface area contributed by atoms with Gasteiger partial charge in [0.15, 0.2) is 0 Å². The van der Waals surface area contributed by atoms with Crippen molar-refractivity contribution in [3.05, 3.63) is 39.4 Å². The molecule has 2 unspecified atom stereocenters. The van der Waals surface area contributed by atoms with E-state index in [0.29, 0.717) is 30.1 Å². The van der Waals surface area contributed by atoms with Crippen molar-refractivity contribution in [2.24, 2.45) is 0 Å². The summed E-state index contributed by atoms with van der Waals surface area (Å²) in [6.07, 6.45) is -0.313. The van der Waals surface area contributed by atoms with Gasteiger partial charge >= 0.3 is 0 Å². The van der Waals surface area contributed by atoms with Gasteiger partial charge in [0.25, 0.3) is 11.6 Å². The van der Waals surface area contributed by atoms with Crippen molar-refractivity contribution in [3.8, 4) is 0 Å². The highest BCUT2D eigenvalue weighted by molar-refractivity contribution is 6.18. The Morgan fingerprint density at radius 2 is 2.24 bits per heavy atom. The number of amides is 1. The van der Waals surface area contributed by atoms with Crippen molar-refractivity contribution in [1.29, 1.82) is 0 Å². The van der Waals surface area contributed by atoms with Crippen LogP contribution in [0.25, 0.3) is 0 Å². The number of alkyl halides is 1. The number of nitrogens with zero attached hydrogens (tertiary/aromatic N) is 2. The molecular weight excluding hydrogens is 296 g/mol. The van der Waals surface area contributed by atoms with E-state index in [4.69, 9.17) is 16.3 Å². The highest BCUT2D eigenvalue weighted by Crippen LogP contribution is 2.22. The molecule has 1 aromatic carbocycles. The lowest BCUT2D eigenvalue weighted by atomic mass is 10.1. The van der Waals surface area contributed by atoms with Gasteiger partial charge < -0.3 is 9.64 Å². The molecule has 1 fully saturated rings. The van der Waals surface area contributed by atoms with Crippen LogP contribution in [0.5, 0.6) is 0 Å². The fraction of sp³-hybridized carbons (Fsp3) is 0.500. The average Bonchev–Trinajstić information content (AvgIpc) is 2.46. The van der Waals surface area contributed by atoms with Gasteiger partial charge in [0.1, 0.15) is 0 Å². The summed E-state index contributed by atoms with van der Waals surface area (Å²) in [7, 11) is 0. The van der Waals surface area contributed by atoms with E-state index in [1.54, 1.807) is 24.0 Å². The lowest BCUT2D eigenvalue weighted by molar-refractivity contribution is -0.385. The first-order valence-electron chi connectivity index (χ1n) is 6.68. The number of hydrogen-bond donors (Lipinski definition) is 0. The summed E-state index contributed by atoms with van der Waals surface area (Å²) in [6, 6.07) is 4.53. The minimum absolute atomic E-state index is 0.0453. The van der Waals surface area contributed by atoms with E-state index in [0.717, 1.165) is 0 Å². The molecule has 0 aliphatic carbocycles. The van der Waals surface area contributed by atoms with Crippen molar-refractivity contribution in [3.63, 3.8) is 0 Å². The molecule has 114 valence electrons. The molecule has 6 nitrogen and oxygen atoms in total. The van der Waals surface area contributed by atoms with E-state index in [-0.39, 0.29) is 23.8 Å². The molecule has 1 aliphatic rings. The quantitative estimate of drug-likeness (QED) is 0.488. The molecule has 1 amide bonds. The Morgan fingerprint density at radius 1 is 1.52 bits per heavy atom. The first-order chi connectivity index (χ1) is 9.92. The Bertz CT molecular complexity index is 564. The number of morpholine rings is 1. The molecule has 0 N–H and O–H groups in total. The summed E-state index contributed by atoms with van der Waals surface area (Å²) in [5, 5.41) is 11.0. The fourth-order valence-electron chi connectivity index (χ4n) is 2.42. The molecule has 2 atom stereocenters. The number of aryl methyl sites for hydroxylation is 1. The third-order valence-corrected chi connectivity index (χ3v) is 3.78. The normalized spacial score (nSPS) is 22.1. The van der Waals surface area contributed by atoms with Crippen molar-refractivity contribution < 1.29 is 14.5 Å². The lowest BCUT2D eigenvalue weighted by Gasteiger charge is -2.36.